The fraction of sp³-hybridized carbons (Fsp3) is 0.400. The van der Waals surface area contributed by atoms with Crippen LogP contribution >= 0.6 is 23.6 Å². The van der Waals surface area contributed by atoms with Crippen molar-refractivity contribution < 1.29 is 14.3 Å². The molecule has 22 heavy (non-hydrogen) atoms. The van der Waals surface area contributed by atoms with E-state index in [4.69, 9.17) is 17.0 Å². The normalized spacial score (nSPS) is 18.0. The van der Waals surface area contributed by atoms with Crippen LogP contribution in [0.2, 0.25) is 0 Å². The van der Waals surface area contributed by atoms with Crippen molar-refractivity contribution in [1.82, 2.24) is 10.6 Å². The van der Waals surface area contributed by atoms with E-state index in [-0.39, 0.29) is 24.0 Å². The summed E-state index contributed by atoms with van der Waals surface area (Å²) in [5, 5.41) is 8.09. The Morgan fingerprint density at radius 2 is 2.18 bits per heavy atom. The van der Waals surface area contributed by atoms with Crippen LogP contribution in [0.3, 0.4) is 0 Å². The molecule has 5 nitrogen and oxygen atoms in total. The molecule has 7 heteroatoms. The third-order valence-electron chi connectivity index (χ3n) is 3.17. The lowest BCUT2D eigenvalue weighted by Gasteiger charge is -2.30. The second kappa shape index (κ2) is 7.02. The van der Waals surface area contributed by atoms with E-state index in [1.165, 1.54) is 11.3 Å². The SMILES string of the molecule is CCOC(=O)C1=C(C(=O)C(C)C)[C@@H](c2cccs2)NC(=S)N1. The average Bonchev–Trinajstić information content (AvgIpc) is 2.99. The number of carbonyl (C=O) groups is 2. The van der Waals surface area contributed by atoms with Crippen LogP contribution in [0.4, 0.5) is 0 Å². The Hall–Kier alpha value is -1.73. The Morgan fingerprint density at radius 3 is 2.73 bits per heavy atom. The summed E-state index contributed by atoms with van der Waals surface area (Å²) in [6.45, 7) is 5.56. The van der Waals surface area contributed by atoms with Gasteiger partial charge in [0.1, 0.15) is 5.70 Å². The number of nitrogens with one attached hydrogen (secondary N) is 2. The predicted octanol–water partition coefficient (Wildman–Crippen LogP) is 2.31. The summed E-state index contributed by atoms with van der Waals surface area (Å²) in [5.41, 5.74) is 0.521. The molecule has 2 N–H and O–H groups in total. The molecule has 1 aliphatic heterocycles. The van der Waals surface area contributed by atoms with Gasteiger partial charge in [-0.05, 0) is 30.6 Å². The molecular formula is C15H18N2O3S2. The molecule has 1 aliphatic rings. The standard InChI is InChI=1S/C15H18N2O3S2/c1-4-20-14(19)12-10(13(18)8(2)3)11(16-15(21)17-12)9-6-5-7-22-9/h5-8,11H,4H2,1-3H3,(H2,16,17,21)/t11-/m1/s1. The molecule has 0 aromatic carbocycles. The molecule has 0 aliphatic carbocycles. The van der Waals surface area contributed by atoms with Gasteiger partial charge in [0.2, 0.25) is 0 Å². The second-order valence-electron chi connectivity index (χ2n) is 5.07. The molecule has 0 saturated carbocycles. The molecule has 1 aromatic rings. The predicted molar refractivity (Wildman–Crippen MR) is 89.4 cm³/mol. The van der Waals surface area contributed by atoms with Crippen molar-refractivity contribution in [3.63, 3.8) is 0 Å². The number of Topliss-reactive ketones (excluding diaryl/α,β-unsaturated/α-hetero) is 1. The van der Waals surface area contributed by atoms with Crippen molar-refractivity contribution in [1.29, 1.82) is 0 Å². The van der Waals surface area contributed by atoms with Crippen LogP contribution in [0.5, 0.6) is 0 Å². The second-order valence-corrected chi connectivity index (χ2v) is 6.46. The maximum absolute atomic E-state index is 12.6. The van der Waals surface area contributed by atoms with Crippen molar-refractivity contribution in [2.45, 2.75) is 26.8 Å². The van der Waals surface area contributed by atoms with E-state index in [0.29, 0.717) is 10.7 Å². The number of esters is 1. The number of thiophene rings is 1. The smallest absolute Gasteiger partial charge is 0.355 e. The van der Waals surface area contributed by atoms with Gasteiger partial charge in [-0.3, -0.25) is 4.79 Å². The Bertz CT molecular complexity index is 621. The molecule has 0 bridgehead atoms. The number of ether oxygens (including phenoxy) is 1. The molecule has 1 atom stereocenters. The molecule has 0 amide bonds. The molecule has 0 unspecified atom stereocenters. The van der Waals surface area contributed by atoms with E-state index in [9.17, 15) is 9.59 Å². The molecule has 0 fully saturated rings. The van der Waals surface area contributed by atoms with Crippen LogP contribution in [0.15, 0.2) is 28.8 Å². The summed E-state index contributed by atoms with van der Waals surface area (Å²) < 4.78 is 5.06. The lowest BCUT2D eigenvalue weighted by Crippen LogP contribution is -2.48. The molecule has 2 heterocycles. The van der Waals surface area contributed by atoms with Crippen molar-refractivity contribution in [2.24, 2.45) is 5.92 Å². The Labute approximate surface area is 138 Å². The van der Waals surface area contributed by atoms with Gasteiger partial charge < -0.3 is 15.4 Å². The van der Waals surface area contributed by atoms with Crippen molar-refractivity contribution >= 4 is 40.4 Å². The fourth-order valence-electron chi connectivity index (χ4n) is 2.17. The topological polar surface area (TPSA) is 67.4 Å². The first kappa shape index (κ1) is 16.6. The number of rotatable bonds is 5. The minimum absolute atomic E-state index is 0.107. The maximum atomic E-state index is 12.6. The molecule has 118 valence electrons. The van der Waals surface area contributed by atoms with E-state index in [1.807, 2.05) is 17.5 Å². The number of hydrogen-bond acceptors (Lipinski definition) is 5. The van der Waals surface area contributed by atoms with Gasteiger partial charge in [-0.25, -0.2) is 4.79 Å². The highest BCUT2D eigenvalue weighted by Crippen LogP contribution is 2.32. The van der Waals surface area contributed by atoms with Gasteiger partial charge in [0, 0.05) is 10.8 Å². The Kier molecular flexibility index (Phi) is 5.31. The van der Waals surface area contributed by atoms with Crippen molar-refractivity contribution in [3.05, 3.63) is 33.7 Å². The van der Waals surface area contributed by atoms with E-state index >= 15 is 0 Å². The van der Waals surface area contributed by atoms with E-state index < -0.39 is 12.0 Å². The first-order valence-electron chi connectivity index (χ1n) is 7.02. The monoisotopic (exact) mass is 338 g/mol. The summed E-state index contributed by atoms with van der Waals surface area (Å²) in [7, 11) is 0. The Morgan fingerprint density at radius 1 is 1.45 bits per heavy atom. The van der Waals surface area contributed by atoms with E-state index in [2.05, 4.69) is 10.6 Å². The van der Waals surface area contributed by atoms with Crippen LogP contribution in [0, 0.1) is 5.92 Å². The third-order valence-corrected chi connectivity index (χ3v) is 4.33. The zero-order chi connectivity index (χ0) is 16.3. The van der Waals surface area contributed by atoms with Gasteiger partial charge in [0.25, 0.3) is 0 Å². The zero-order valence-electron chi connectivity index (χ0n) is 12.6. The summed E-state index contributed by atoms with van der Waals surface area (Å²) in [6, 6.07) is 3.38. The van der Waals surface area contributed by atoms with Crippen molar-refractivity contribution in [2.75, 3.05) is 6.61 Å². The van der Waals surface area contributed by atoms with Crippen molar-refractivity contribution in [3.8, 4) is 0 Å². The van der Waals surface area contributed by atoms with Gasteiger partial charge in [-0.15, -0.1) is 11.3 Å². The minimum Gasteiger partial charge on any atom is -0.461 e. The molecular weight excluding hydrogens is 320 g/mol. The lowest BCUT2D eigenvalue weighted by atomic mass is 9.91. The molecule has 2 rings (SSSR count). The molecule has 1 aromatic heterocycles. The maximum Gasteiger partial charge on any atom is 0.355 e. The van der Waals surface area contributed by atoms with Crippen LogP contribution in [0.25, 0.3) is 0 Å². The quantitative estimate of drug-likeness (QED) is 0.634. The van der Waals surface area contributed by atoms with Gasteiger partial charge in [0.05, 0.1) is 18.2 Å². The molecule has 0 spiro atoms. The highest BCUT2D eigenvalue weighted by molar-refractivity contribution is 7.80. The number of ketones is 1. The molecule has 0 saturated heterocycles. The summed E-state index contributed by atoms with van der Waals surface area (Å²) in [4.78, 5) is 25.8. The lowest BCUT2D eigenvalue weighted by molar-refractivity contribution is -0.139. The first-order chi connectivity index (χ1) is 10.5. The highest BCUT2D eigenvalue weighted by atomic mass is 32.1. The fourth-order valence-corrected chi connectivity index (χ4v) is 3.18. The Balaban J connectivity index is 2.56. The summed E-state index contributed by atoms with van der Waals surface area (Å²) in [6.07, 6.45) is 0. The first-order valence-corrected chi connectivity index (χ1v) is 8.30. The molecule has 0 radical (unpaired) electrons. The van der Waals surface area contributed by atoms with Gasteiger partial charge in [0.15, 0.2) is 10.9 Å². The average molecular weight is 338 g/mol. The summed E-state index contributed by atoms with van der Waals surface area (Å²) in [5.74, 6) is -0.905. The highest BCUT2D eigenvalue weighted by Gasteiger charge is 2.36. The number of carbonyl (C=O) groups excluding carboxylic acids is 2. The van der Waals surface area contributed by atoms with Crippen LogP contribution in [0.1, 0.15) is 31.7 Å². The van der Waals surface area contributed by atoms with Crippen LogP contribution < -0.4 is 10.6 Å². The van der Waals surface area contributed by atoms with Gasteiger partial charge in [-0.1, -0.05) is 19.9 Å². The third kappa shape index (κ3) is 3.36. The van der Waals surface area contributed by atoms with E-state index in [1.54, 1.807) is 20.8 Å². The van der Waals surface area contributed by atoms with Crippen LogP contribution in [-0.2, 0) is 14.3 Å². The van der Waals surface area contributed by atoms with Gasteiger partial charge >= 0.3 is 5.97 Å². The summed E-state index contributed by atoms with van der Waals surface area (Å²) >= 11 is 6.67. The number of hydrogen-bond donors (Lipinski definition) is 2. The minimum atomic E-state index is -0.558. The van der Waals surface area contributed by atoms with Gasteiger partial charge in [-0.2, -0.15) is 0 Å². The zero-order valence-corrected chi connectivity index (χ0v) is 14.3. The van der Waals surface area contributed by atoms with Crippen LogP contribution in [-0.4, -0.2) is 23.5 Å². The van der Waals surface area contributed by atoms with E-state index in [0.717, 1.165) is 4.88 Å². The largest absolute Gasteiger partial charge is 0.461 e. The number of thiocarbonyl (C=S) groups is 1.